The molecule has 1 aromatic carbocycles. The van der Waals surface area contributed by atoms with Crippen LogP contribution in [-0.2, 0) is 14.4 Å². The monoisotopic (exact) mass is 374 g/mol. The maximum Gasteiger partial charge on any atom is 0.341 e. The van der Waals surface area contributed by atoms with E-state index in [1.54, 1.807) is 0 Å². The Morgan fingerprint density at radius 2 is 1.96 bits per heavy atom. The highest BCUT2D eigenvalue weighted by atomic mass is 16.4. The molecule has 0 saturated carbocycles. The van der Waals surface area contributed by atoms with Crippen LogP contribution >= 0.6 is 0 Å². The van der Waals surface area contributed by atoms with Crippen molar-refractivity contribution >= 4 is 40.3 Å². The Labute approximate surface area is 152 Å². The van der Waals surface area contributed by atoms with Crippen LogP contribution < -0.4 is 21.8 Å². The zero-order valence-electron chi connectivity index (χ0n) is 14.4. The lowest BCUT2D eigenvalue weighted by atomic mass is 10.1. The van der Waals surface area contributed by atoms with Crippen LogP contribution in [0.2, 0.25) is 0 Å². The normalized spacial score (nSPS) is 11.6. The molecule has 1 aromatic heterocycles. The summed E-state index contributed by atoms with van der Waals surface area (Å²) in [5, 5.41) is 14.1. The summed E-state index contributed by atoms with van der Waals surface area (Å²) in [6.45, 7) is 1.24. The van der Waals surface area contributed by atoms with E-state index in [1.165, 1.54) is 25.1 Å². The van der Waals surface area contributed by atoms with Gasteiger partial charge in [-0.25, -0.2) is 4.79 Å². The summed E-state index contributed by atoms with van der Waals surface area (Å²) in [7, 11) is 0. The number of primary amides is 1. The summed E-state index contributed by atoms with van der Waals surface area (Å²) in [4.78, 5) is 60.4. The van der Waals surface area contributed by atoms with Gasteiger partial charge in [-0.2, -0.15) is 0 Å². The number of aromatic nitrogens is 1. The van der Waals surface area contributed by atoms with Crippen molar-refractivity contribution in [2.24, 2.45) is 5.73 Å². The molecule has 0 radical (unpaired) electrons. The molecule has 0 bridgehead atoms. The molecular formula is C17H18N4O6. The predicted molar refractivity (Wildman–Crippen MR) is 96.2 cm³/mol. The quantitative estimate of drug-likeness (QED) is 0.454. The summed E-state index contributed by atoms with van der Waals surface area (Å²) in [6.07, 6.45) is 1.03. The second-order valence-corrected chi connectivity index (χ2v) is 5.84. The third-order valence-corrected chi connectivity index (χ3v) is 3.75. The van der Waals surface area contributed by atoms with Crippen LogP contribution in [0, 0.1) is 0 Å². The number of pyridine rings is 1. The van der Waals surface area contributed by atoms with Crippen molar-refractivity contribution in [3.8, 4) is 0 Å². The fourth-order valence-corrected chi connectivity index (χ4v) is 2.49. The molecule has 2 aromatic rings. The maximum atomic E-state index is 12.4. The standard InChI is InChI=1S/C17H18N4O6/c1-8(22)20-12(4-5-14(18)23)16(25)21-9-2-3-10-13(6-9)19-7-11(15(10)24)17(26)27/h2-3,6-7,12H,4-5H2,1H3,(H2,18,23)(H,19,24)(H,20,22)(H,21,25)(H,26,27). The molecule has 0 aliphatic heterocycles. The number of hydrogen-bond donors (Lipinski definition) is 5. The molecule has 27 heavy (non-hydrogen) atoms. The van der Waals surface area contributed by atoms with Crippen LogP contribution in [0.1, 0.15) is 30.1 Å². The average molecular weight is 374 g/mol. The largest absolute Gasteiger partial charge is 0.477 e. The Kier molecular flexibility index (Phi) is 5.91. The number of aromatic carboxylic acids is 1. The van der Waals surface area contributed by atoms with Gasteiger partial charge in [0.25, 0.3) is 0 Å². The number of aromatic amines is 1. The molecule has 6 N–H and O–H groups in total. The number of carboxylic acids is 1. The fraction of sp³-hybridized carbons (Fsp3) is 0.235. The first-order chi connectivity index (χ1) is 12.7. The lowest BCUT2D eigenvalue weighted by Gasteiger charge is -2.17. The van der Waals surface area contributed by atoms with Gasteiger partial charge in [0.05, 0.1) is 5.52 Å². The van der Waals surface area contributed by atoms with Crippen molar-refractivity contribution in [2.45, 2.75) is 25.8 Å². The highest BCUT2D eigenvalue weighted by Crippen LogP contribution is 2.16. The Morgan fingerprint density at radius 3 is 2.56 bits per heavy atom. The van der Waals surface area contributed by atoms with E-state index in [1.807, 2.05) is 0 Å². The number of carboxylic acid groups (broad SMARTS) is 1. The number of amides is 3. The summed E-state index contributed by atoms with van der Waals surface area (Å²) >= 11 is 0. The van der Waals surface area contributed by atoms with Gasteiger partial charge < -0.3 is 26.5 Å². The third-order valence-electron chi connectivity index (χ3n) is 3.75. The molecular weight excluding hydrogens is 356 g/mol. The number of carbonyl (C=O) groups excluding carboxylic acids is 3. The second-order valence-electron chi connectivity index (χ2n) is 5.84. The lowest BCUT2D eigenvalue weighted by Crippen LogP contribution is -2.43. The number of anilines is 1. The molecule has 10 heteroatoms. The Bertz CT molecular complexity index is 981. The Morgan fingerprint density at radius 1 is 1.26 bits per heavy atom. The van der Waals surface area contributed by atoms with E-state index in [2.05, 4.69) is 15.6 Å². The van der Waals surface area contributed by atoms with Crippen LogP contribution in [0.4, 0.5) is 5.69 Å². The van der Waals surface area contributed by atoms with Gasteiger partial charge in [-0.05, 0) is 24.6 Å². The minimum Gasteiger partial charge on any atom is -0.477 e. The molecule has 0 aliphatic carbocycles. The maximum absolute atomic E-state index is 12.4. The van der Waals surface area contributed by atoms with Gasteiger partial charge in [0, 0.05) is 30.6 Å². The molecule has 0 spiro atoms. The number of nitrogens with two attached hydrogens (primary N) is 1. The van der Waals surface area contributed by atoms with Crippen molar-refractivity contribution in [2.75, 3.05) is 5.32 Å². The molecule has 2 rings (SSSR count). The molecule has 1 atom stereocenters. The lowest BCUT2D eigenvalue weighted by molar-refractivity contribution is -0.126. The minimum atomic E-state index is -1.34. The Balaban J connectivity index is 2.25. The highest BCUT2D eigenvalue weighted by Gasteiger charge is 2.20. The van der Waals surface area contributed by atoms with Crippen molar-refractivity contribution in [1.82, 2.24) is 10.3 Å². The van der Waals surface area contributed by atoms with Crippen molar-refractivity contribution in [3.05, 3.63) is 40.2 Å². The van der Waals surface area contributed by atoms with E-state index in [9.17, 15) is 24.0 Å². The summed E-state index contributed by atoms with van der Waals surface area (Å²) < 4.78 is 0. The molecule has 142 valence electrons. The summed E-state index contributed by atoms with van der Waals surface area (Å²) in [6, 6.07) is 3.31. The van der Waals surface area contributed by atoms with Crippen molar-refractivity contribution < 1.29 is 24.3 Å². The number of carbonyl (C=O) groups is 4. The van der Waals surface area contributed by atoms with Crippen LogP contribution in [0.15, 0.2) is 29.2 Å². The van der Waals surface area contributed by atoms with Crippen molar-refractivity contribution in [3.63, 3.8) is 0 Å². The smallest absolute Gasteiger partial charge is 0.341 e. The van der Waals surface area contributed by atoms with Crippen LogP contribution in [0.3, 0.4) is 0 Å². The molecule has 0 aliphatic rings. The van der Waals surface area contributed by atoms with E-state index >= 15 is 0 Å². The number of benzene rings is 1. The number of nitrogens with one attached hydrogen (secondary N) is 3. The fourth-order valence-electron chi connectivity index (χ4n) is 2.49. The van der Waals surface area contributed by atoms with E-state index in [0.29, 0.717) is 11.2 Å². The molecule has 3 amide bonds. The van der Waals surface area contributed by atoms with Gasteiger partial charge in [0.1, 0.15) is 11.6 Å². The highest BCUT2D eigenvalue weighted by molar-refractivity contribution is 5.99. The number of fused-ring (bicyclic) bond motifs is 1. The zero-order chi connectivity index (χ0) is 20.1. The number of hydrogen-bond acceptors (Lipinski definition) is 5. The number of H-pyrrole nitrogens is 1. The molecule has 0 fully saturated rings. The molecule has 0 saturated heterocycles. The predicted octanol–water partition coefficient (Wildman–Crippen LogP) is -0.0650. The van der Waals surface area contributed by atoms with E-state index in [0.717, 1.165) is 6.20 Å². The van der Waals surface area contributed by atoms with Crippen LogP contribution in [0.5, 0.6) is 0 Å². The third kappa shape index (κ3) is 4.91. The molecule has 1 heterocycles. The summed E-state index contributed by atoms with van der Waals surface area (Å²) in [5.41, 5.74) is 4.69. The van der Waals surface area contributed by atoms with Gasteiger partial charge in [-0.15, -0.1) is 0 Å². The topological polar surface area (TPSA) is 171 Å². The number of rotatable bonds is 7. The average Bonchev–Trinajstić information content (AvgIpc) is 2.58. The van der Waals surface area contributed by atoms with E-state index < -0.39 is 40.7 Å². The first kappa shape index (κ1) is 19.6. The zero-order valence-corrected chi connectivity index (χ0v) is 14.4. The van der Waals surface area contributed by atoms with Gasteiger partial charge in [0.2, 0.25) is 23.2 Å². The molecule has 10 nitrogen and oxygen atoms in total. The SMILES string of the molecule is CC(=O)NC(CCC(N)=O)C(=O)Nc1ccc2c(=O)c(C(=O)O)c[nH]c2c1. The van der Waals surface area contributed by atoms with Crippen LogP contribution in [-0.4, -0.2) is 39.8 Å². The van der Waals surface area contributed by atoms with Gasteiger partial charge in [-0.3, -0.25) is 19.2 Å². The summed E-state index contributed by atoms with van der Waals surface area (Å²) in [5.74, 6) is -2.95. The van der Waals surface area contributed by atoms with Gasteiger partial charge in [0.15, 0.2) is 0 Å². The first-order valence-electron chi connectivity index (χ1n) is 7.94. The van der Waals surface area contributed by atoms with E-state index in [4.69, 9.17) is 10.8 Å². The van der Waals surface area contributed by atoms with Gasteiger partial charge in [-0.1, -0.05) is 0 Å². The van der Waals surface area contributed by atoms with E-state index in [-0.39, 0.29) is 18.2 Å². The van der Waals surface area contributed by atoms with Crippen LogP contribution in [0.25, 0.3) is 10.9 Å². The first-order valence-corrected chi connectivity index (χ1v) is 7.94. The molecule has 1 unspecified atom stereocenters. The second kappa shape index (κ2) is 8.13. The van der Waals surface area contributed by atoms with Gasteiger partial charge >= 0.3 is 5.97 Å². The minimum absolute atomic E-state index is 0.0349. The van der Waals surface area contributed by atoms with Crippen molar-refractivity contribution in [1.29, 1.82) is 0 Å². The Hall–Kier alpha value is -3.69.